The summed E-state index contributed by atoms with van der Waals surface area (Å²) < 4.78 is 42.8. The van der Waals surface area contributed by atoms with Gasteiger partial charge in [0, 0.05) is 37.5 Å². The van der Waals surface area contributed by atoms with Crippen molar-refractivity contribution in [3.8, 4) is 0 Å². The molecular formula is C43H77N3O17S3. The number of rotatable bonds is 41. The third kappa shape index (κ3) is 31.2. The molecule has 0 aromatic heterocycles. The number of hydrogen-bond acceptors (Lipinski definition) is 22. The Hall–Kier alpha value is -2.90. The fourth-order valence-corrected chi connectivity index (χ4v) is 8.40. The molecule has 0 saturated heterocycles. The number of aliphatic hydroxyl groups is 1. The van der Waals surface area contributed by atoms with Crippen LogP contribution in [0.2, 0.25) is 0 Å². The van der Waals surface area contributed by atoms with Gasteiger partial charge in [0.1, 0.15) is 19.3 Å². The summed E-state index contributed by atoms with van der Waals surface area (Å²) in [5, 5.41) is 20.7. The van der Waals surface area contributed by atoms with Crippen LogP contribution >= 0.6 is 35.3 Å². The van der Waals surface area contributed by atoms with Gasteiger partial charge in [0.05, 0.1) is 46.4 Å². The van der Waals surface area contributed by atoms with Crippen LogP contribution in [0.4, 0.5) is 0 Å². The number of ether oxygens (including phenoxy) is 8. The Balaban J connectivity index is 5.91. The van der Waals surface area contributed by atoms with Gasteiger partial charge in [0.15, 0.2) is 30.5 Å². The van der Waals surface area contributed by atoms with E-state index in [1.807, 2.05) is 0 Å². The Labute approximate surface area is 403 Å². The predicted molar refractivity (Wildman–Crippen MR) is 249 cm³/mol. The van der Waals surface area contributed by atoms with Gasteiger partial charge in [0.25, 0.3) is 0 Å². The molecule has 23 heteroatoms. The van der Waals surface area contributed by atoms with Crippen LogP contribution < -0.4 is 10.8 Å². The molecule has 0 saturated carbocycles. The average Bonchev–Trinajstić information content (AvgIpc) is 3.26. The first-order chi connectivity index (χ1) is 31.3. The Morgan fingerprint density at radius 3 is 1.53 bits per heavy atom. The monoisotopic (exact) mass is 1000 g/mol. The molecule has 384 valence electrons. The quantitative estimate of drug-likeness (QED) is 0.0372. The number of likely N-dealkylation sites (N-methyl/N-ethyl adjacent to an activating group) is 1. The first-order valence-electron chi connectivity index (χ1n) is 22.4. The van der Waals surface area contributed by atoms with Crippen molar-refractivity contribution >= 4 is 77.1 Å². The Morgan fingerprint density at radius 1 is 0.621 bits per heavy atom. The molecule has 0 aliphatic heterocycles. The van der Waals surface area contributed by atoms with Crippen LogP contribution in [0.15, 0.2) is 0 Å². The van der Waals surface area contributed by atoms with Gasteiger partial charge < -0.3 is 68.0 Å². The maximum absolute atomic E-state index is 13.6. The van der Waals surface area contributed by atoms with Crippen LogP contribution in [0, 0.1) is 0 Å². The molecule has 0 radical (unpaired) electrons. The highest BCUT2D eigenvalue weighted by molar-refractivity contribution is 7.99. The lowest BCUT2D eigenvalue weighted by Crippen LogP contribution is -2.49. The summed E-state index contributed by atoms with van der Waals surface area (Å²) in [6.07, 6.45) is -7.65. The highest BCUT2D eigenvalue weighted by Gasteiger charge is 2.35. The molecule has 20 nitrogen and oxygen atoms in total. The number of quaternary nitrogens is 1. The number of carboxylic acids is 1. The smallest absolute Gasteiger partial charge is 0.348 e. The second kappa shape index (κ2) is 38.0. The minimum absolute atomic E-state index is 0.0112. The standard InChI is InChI=1S/C43H77N3O17S3/c1-9-45(10-2)18-28-65-25-13-16-36(63-40(52)33(5)59-42(54)35(61-38(50)31(3)47)15-12-24-64-27-17-44)43(55)60-32(4)39(51)62-34(41(53)58-23-22-57-21-20-56-8)14-11-26-66-29-19-46(6,7)30-37(48)49/h31-36,47H,9-30,44H2,1-8H3. The molecule has 6 unspecified atom stereocenters. The van der Waals surface area contributed by atoms with Crippen molar-refractivity contribution in [2.45, 2.75) is 110 Å². The molecule has 66 heavy (non-hydrogen) atoms. The van der Waals surface area contributed by atoms with E-state index in [4.69, 9.17) is 43.6 Å². The molecule has 0 bridgehead atoms. The van der Waals surface area contributed by atoms with Gasteiger partial charge in [-0.1, -0.05) is 13.8 Å². The number of methoxy groups -OCH3 is 1. The van der Waals surface area contributed by atoms with E-state index in [0.717, 1.165) is 25.4 Å². The molecule has 0 fully saturated rings. The Kier molecular flexibility index (Phi) is 36.3. The predicted octanol–water partition coefficient (Wildman–Crippen LogP) is 0.839. The maximum atomic E-state index is 13.6. The lowest BCUT2D eigenvalue weighted by Gasteiger charge is -2.29. The number of aliphatic hydroxyl groups excluding tert-OH is 1. The van der Waals surface area contributed by atoms with Crippen molar-refractivity contribution < 1.29 is 86.2 Å². The zero-order valence-electron chi connectivity index (χ0n) is 40.2. The topological polar surface area (TPSA) is 266 Å². The van der Waals surface area contributed by atoms with E-state index >= 15 is 0 Å². The third-order valence-electron chi connectivity index (χ3n) is 9.43. The highest BCUT2D eigenvalue weighted by Crippen LogP contribution is 2.18. The molecule has 0 aliphatic carbocycles. The molecule has 3 N–H and O–H groups in total. The summed E-state index contributed by atoms with van der Waals surface area (Å²) in [5.74, 6) is -3.47. The molecule has 0 aromatic rings. The zero-order valence-corrected chi connectivity index (χ0v) is 42.6. The SMILES string of the molecule is CCN(CC)CCSCCCC(OC(=O)C(C)OC(=O)C(CCCSCCN)OC(=O)C(C)O)C(=O)OC(C)C(=O)OC(CCCSCC[N+](C)(C)CC(=O)[O-])C(=O)OCCOCCOC. The van der Waals surface area contributed by atoms with Crippen molar-refractivity contribution in [1.29, 1.82) is 0 Å². The number of nitrogens with two attached hydrogens (primary N) is 1. The van der Waals surface area contributed by atoms with E-state index < -0.39 is 78.4 Å². The fourth-order valence-electron chi connectivity index (χ4n) is 5.50. The fraction of sp³-hybridized carbons (Fsp3) is 0.837. The number of carbonyl (C=O) groups excluding carboxylic acids is 7. The second-order valence-electron chi connectivity index (χ2n) is 15.7. The van der Waals surface area contributed by atoms with Crippen LogP contribution in [0.1, 0.15) is 73.1 Å². The lowest BCUT2D eigenvalue weighted by atomic mass is 10.2. The largest absolute Gasteiger partial charge is 0.544 e. The van der Waals surface area contributed by atoms with E-state index in [2.05, 4.69) is 18.7 Å². The normalized spacial score (nSPS) is 14.3. The number of carboxylic acid groups (broad SMARTS) is 1. The summed E-state index contributed by atoms with van der Waals surface area (Å²) in [6.45, 7) is 11.9. The highest BCUT2D eigenvalue weighted by atomic mass is 32.2. The van der Waals surface area contributed by atoms with Gasteiger partial charge in [-0.05, 0) is 89.6 Å². The van der Waals surface area contributed by atoms with Gasteiger partial charge in [-0.3, -0.25) is 0 Å². The number of nitrogens with zero attached hydrogens (tertiary/aromatic N) is 2. The van der Waals surface area contributed by atoms with Gasteiger partial charge in [0.2, 0.25) is 0 Å². The summed E-state index contributed by atoms with van der Waals surface area (Å²) in [6, 6.07) is 0. The number of hydrogen-bond donors (Lipinski definition) is 2. The van der Waals surface area contributed by atoms with E-state index in [1.165, 1.54) is 51.4 Å². The van der Waals surface area contributed by atoms with Crippen molar-refractivity contribution in [1.82, 2.24) is 4.90 Å². The van der Waals surface area contributed by atoms with Crippen LogP contribution in [-0.4, -0.2) is 214 Å². The van der Waals surface area contributed by atoms with Crippen LogP contribution in [0.3, 0.4) is 0 Å². The molecule has 0 heterocycles. The first kappa shape index (κ1) is 63.1. The Bertz CT molecular complexity index is 1410. The molecule has 0 amide bonds. The average molecular weight is 1000 g/mol. The number of carbonyl (C=O) groups is 7. The van der Waals surface area contributed by atoms with Crippen molar-refractivity contribution in [3.63, 3.8) is 0 Å². The number of thioether (sulfide) groups is 3. The van der Waals surface area contributed by atoms with Gasteiger partial charge in [-0.25, -0.2) is 28.8 Å². The van der Waals surface area contributed by atoms with Gasteiger partial charge >= 0.3 is 35.8 Å². The molecule has 0 spiro atoms. The second-order valence-corrected chi connectivity index (χ2v) is 19.3. The molecule has 6 atom stereocenters. The lowest BCUT2D eigenvalue weighted by molar-refractivity contribution is -0.882. The third-order valence-corrected chi connectivity index (χ3v) is 12.6. The van der Waals surface area contributed by atoms with E-state index in [-0.39, 0.29) is 50.1 Å². The maximum Gasteiger partial charge on any atom is 0.348 e. The molecular weight excluding hydrogens is 927 g/mol. The molecule has 0 aliphatic rings. The first-order valence-corrected chi connectivity index (χ1v) is 25.9. The van der Waals surface area contributed by atoms with Crippen LogP contribution in [0.25, 0.3) is 0 Å². The molecule has 0 rings (SSSR count). The molecule has 0 aromatic carbocycles. The summed E-state index contributed by atoms with van der Waals surface area (Å²) in [4.78, 5) is 92.1. The Morgan fingerprint density at radius 2 is 1.08 bits per heavy atom. The summed E-state index contributed by atoms with van der Waals surface area (Å²) in [5.41, 5.74) is 5.53. The minimum Gasteiger partial charge on any atom is -0.544 e. The van der Waals surface area contributed by atoms with Crippen molar-refractivity contribution in [2.24, 2.45) is 5.73 Å². The number of esters is 6. The van der Waals surface area contributed by atoms with Crippen LogP contribution in [-0.2, 0) is 71.5 Å². The summed E-state index contributed by atoms with van der Waals surface area (Å²) >= 11 is 4.71. The van der Waals surface area contributed by atoms with Gasteiger partial charge in [-0.2, -0.15) is 35.3 Å². The van der Waals surface area contributed by atoms with Gasteiger partial charge in [-0.15, -0.1) is 0 Å². The van der Waals surface area contributed by atoms with Crippen LogP contribution in [0.5, 0.6) is 0 Å². The number of aliphatic carboxylic acids is 1. The van der Waals surface area contributed by atoms with E-state index in [1.54, 1.807) is 25.9 Å². The van der Waals surface area contributed by atoms with Crippen molar-refractivity contribution in [2.75, 3.05) is 121 Å². The zero-order chi connectivity index (χ0) is 49.9. The summed E-state index contributed by atoms with van der Waals surface area (Å²) in [7, 11) is 5.07. The van der Waals surface area contributed by atoms with E-state index in [0.29, 0.717) is 67.7 Å². The van der Waals surface area contributed by atoms with E-state index in [9.17, 15) is 43.8 Å². The minimum atomic E-state index is -1.57. The van der Waals surface area contributed by atoms with Crippen molar-refractivity contribution in [3.05, 3.63) is 0 Å².